The number of aromatic amines is 1. The smallest absolute Gasteiger partial charge is 0.328 e. The molecule has 1 saturated heterocycles. The number of nitrogens with zero attached hydrogens (tertiary/aromatic N) is 2. The van der Waals surface area contributed by atoms with Crippen molar-refractivity contribution in [3.8, 4) is 11.5 Å². The summed E-state index contributed by atoms with van der Waals surface area (Å²) in [5.74, 6) is 0.127. The van der Waals surface area contributed by atoms with Crippen molar-refractivity contribution in [3.63, 3.8) is 0 Å². The first kappa shape index (κ1) is 22.8. The van der Waals surface area contributed by atoms with Gasteiger partial charge in [0, 0.05) is 42.2 Å². The number of fused-ring (bicyclic) bond motifs is 4. The highest BCUT2D eigenvalue weighted by Gasteiger charge is 2.60. The van der Waals surface area contributed by atoms with Gasteiger partial charge in [-0.3, -0.25) is 14.6 Å². The van der Waals surface area contributed by atoms with Gasteiger partial charge in [-0.05, 0) is 61.6 Å². The highest BCUT2D eigenvalue weighted by molar-refractivity contribution is 6.08. The number of aromatic nitrogens is 1. The van der Waals surface area contributed by atoms with Gasteiger partial charge >= 0.3 is 6.03 Å². The molecule has 3 aromatic rings. The quantitative estimate of drug-likeness (QED) is 0.345. The van der Waals surface area contributed by atoms with E-state index in [1.54, 1.807) is 36.1 Å². The van der Waals surface area contributed by atoms with Crippen LogP contribution in [-0.4, -0.2) is 64.1 Å². The number of hydrogen-bond acceptors (Lipinski definition) is 5. The van der Waals surface area contributed by atoms with E-state index >= 15 is 0 Å². The maximum atomic E-state index is 14.5. The number of phenolic OH excluding ortho intramolecular Hbond substituents is 1. The molecule has 0 spiro atoms. The zero-order valence-corrected chi connectivity index (χ0v) is 20.3. The maximum Gasteiger partial charge on any atom is 0.328 e. The van der Waals surface area contributed by atoms with Gasteiger partial charge < -0.3 is 20.1 Å². The standard InChI is InChI=1S/C27H29FN4O4/c1-27-13-19-18-11-22(36-2)20(28)12-21(18)30-23(19)24(16-4-3-5-17(33)10-16)32(27)26(35)31(25(27)34)9-8-29-14-15-6-7-15/h3-5,10-12,15,24,29-30,33H,6-9,13-14H2,1-2H3. The summed E-state index contributed by atoms with van der Waals surface area (Å²) in [5.41, 5.74) is 1.64. The van der Waals surface area contributed by atoms with E-state index in [1.807, 2.05) is 6.07 Å². The van der Waals surface area contributed by atoms with Crippen LogP contribution >= 0.6 is 0 Å². The van der Waals surface area contributed by atoms with Crippen molar-refractivity contribution in [1.29, 1.82) is 0 Å². The van der Waals surface area contributed by atoms with Gasteiger partial charge in [-0.2, -0.15) is 0 Å². The highest BCUT2D eigenvalue weighted by atomic mass is 19.1. The minimum absolute atomic E-state index is 0.0595. The Labute approximate surface area is 208 Å². The average molecular weight is 493 g/mol. The summed E-state index contributed by atoms with van der Waals surface area (Å²) in [6.07, 6.45) is 2.74. The van der Waals surface area contributed by atoms with E-state index in [-0.39, 0.29) is 36.4 Å². The third kappa shape index (κ3) is 3.44. The monoisotopic (exact) mass is 492 g/mol. The molecule has 9 heteroatoms. The van der Waals surface area contributed by atoms with Crippen molar-refractivity contribution < 1.29 is 23.8 Å². The van der Waals surface area contributed by atoms with Crippen LogP contribution in [0.3, 0.4) is 0 Å². The van der Waals surface area contributed by atoms with Gasteiger partial charge in [-0.25, -0.2) is 9.18 Å². The lowest BCUT2D eigenvalue weighted by atomic mass is 9.81. The minimum Gasteiger partial charge on any atom is -0.508 e. The topological polar surface area (TPSA) is 97.9 Å². The van der Waals surface area contributed by atoms with Gasteiger partial charge in [-0.1, -0.05) is 12.1 Å². The van der Waals surface area contributed by atoms with Crippen LogP contribution in [0.2, 0.25) is 0 Å². The number of imide groups is 1. The lowest BCUT2D eigenvalue weighted by molar-refractivity contribution is -0.133. The van der Waals surface area contributed by atoms with E-state index in [0.29, 0.717) is 29.2 Å². The first-order chi connectivity index (χ1) is 17.3. The molecule has 3 amide bonds. The Morgan fingerprint density at radius 2 is 2.06 bits per heavy atom. The SMILES string of the molecule is COc1cc2c3c([nH]c2cc1F)C(c1cccc(O)c1)N1C(=O)N(CCNCC2CC2)C(=O)C1(C)C3. The molecular formula is C27H29FN4O4. The molecule has 2 aliphatic heterocycles. The predicted octanol–water partition coefficient (Wildman–Crippen LogP) is 3.69. The third-order valence-electron chi connectivity index (χ3n) is 7.77. The van der Waals surface area contributed by atoms with E-state index in [2.05, 4.69) is 10.3 Å². The predicted molar refractivity (Wildman–Crippen MR) is 131 cm³/mol. The number of H-pyrrole nitrogens is 1. The lowest BCUT2D eigenvalue weighted by Gasteiger charge is -2.42. The third-order valence-corrected chi connectivity index (χ3v) is 7.77. The first-order valence-electron chi connectivity index (χ1n) is 12.3. The molecule has 188 valence electrons. The van der Waals surface area contributed by atoms with Crippen molar-refractivity contribution in [2.24, 2.45) is 5.92 Å². The number of halogens is 1. The molecule has 8 nitrogen and oxygen atoms in total. The van der Waals surface area contributed by atoms with Gasteiger partial charge in [-0.15, -0.1) is 0 Å². The normalized spacial score (nSPS) is 23.4. The van der Waals surface area contributed by atoms with Crippen LogP contribution in [0.5, 0.6) is 11.5 Å². The number of carbonyl (C=O) groups excluding carboxylic acids is 2. The molecule has 2 atom stereocenters. The molecule has 6 rings (SSSR count). The molecule has 3 N–H and O–H groups in total. The van der Waals surface area contributed by atoms with E-state index in [0.717, 1.165) is 17.5 Å². The molecule has 36 heavy (non-hydrogen) atoms. The second kappa shape index (κ2) is 8.23. The molecule has 2 unspecified atom stereocenters. The molecule has 1 saturated carbocycles. The van der Waals surface area contributed by atoms with Gasteiger partial charge in [0.1, 0.15) is 17.3 Å². The molecule has 3 heterocycles. The van der Waals surface area contributed by atoms with Crippen molar-refractivity contribution in [2.45, 2.75) is 37.8 Å². The maximum absolute atomic E-state index is 14.5. The minimum atomic E-state index is -1.13. The zero-order valence-electron chi connectivity index (χ0n) is 20.3. The van der Waals surface area contributed by atoms with Crippen molar-refractivity contribution >= 4 is 22.8 Å². The number of rotatable bonds is 7. The number of phenols is 1. The van der Waals surface area contributed by atoms with E-state index in [9.17, 15) is 19.1 Å². The summed E-state index contributed by atoms with van der Waals surface area (Å²) in [5, 5.41) is 14.3. The second-order valence-electron chi connectivity index (χ2n) is 10.3. The number of urea groups is 1. The van der Waals surface area contributed by atoms with Crippen LogP contribution in [0.15, 0.2) is 36.4 Å². The number of benzene rings is 2. The number of hydrogen-bond donors (Lipinski definition) is 3. The average Bonchev–Trinajstić information content (AvgIpc) is 3.59. The largest absolute Gasteiger partial charge is 0.508 e. The molecule has 0 bridgehead atoms. The van der Waals surface area contributed by atoms with Gasteiger partial charge in [0.15, 0.2) is 11.6 Å². The highest BCUT2D eigenvalue weighted by Crippen LogP contribution is 2.49. The molecule has 0 radical (unpaired) electrons. The Morgan fingerprint density at radius 1 is 1.25 bits per heavy atom. The Bertz CT molecular complexity index is 1380. The summed E-state index contributed by atoms with van der Waals surface area (Å²) < 4.78 is 19.7. The van der Waals surface area contributed by atoms with Crippen molar-refractivity contribution in [2.75, 3.05) is 26.7 Å². The molecular weight excluding hydrogens is 463 g/mol. The number of carbonyl (C=O) groups is 2. The van der Waals surface area contributed by atoms with E-state index < -0.39 is 17.4 Å². The van der Waals surface area contributed by atoms with Crippen LogP contribution in [0.1, 0.15) is 42.6 Å². The number of nitrogens with one attached hydrogen (secondary N) is 2. The molecule has 2 aromatic carbocycles. The molecule has 2 fully saturated rings. The fraction of sp³-hybridized carbons (Fsp3) is 0.407. The van der Waals surface area contributed by atoms with E-state index in [4.69, 9.17) is 4.74 Å². The van der Waals surface area contributed by atoms with Crippen LogP contribution in [0.25, 0.3) is 10.9 Å². The van der Waals surface area contributed by atoms with Crippen LogP contribution in [0.4, 0.5) is 9.18 Å². The number of methoxy groups -OCH3 is 1. The summed E-state index contributed by atoms with van der Waals surface area (Å²) >= 11 is 0. The molecule has 1 aromatic heterocycles. The summed E-state index contributed by atoms with van der Waals surface area (Å²) in [7, 11) is 1.41. The second-order valence-corrected chi connectivity index (χ2v) is 10.3. The van der Waals surface area contributed by atoms with Gasteiger partial charge in [0.25, 0.3) is 5.91 Å². The van der Waals surface area contributed by atoms with Crippen molar-refractivity contribution in [3.05, 3.63) is 59.0 Å². The number of amides is 3. The Morgan fingerprint density at radius 3 is 2.78 bits per heavy atom. The Hall–Kier alpha value is -3.59. The zero-order chi connectivity index (χ0) is 25.2. The Kier molecular flexibility index (Phi) is 5.22. The summed E-state index contributed by atoms with van der Waals surface area (Å²) in [6.45, 7) is 3.53. The van der Waals surface area contributed by atoms with Crippen LogP contribution < -0.4 is 10.1 Å². The van der Waals surface area contributed by atoms with Gasteiger partial charge in [0.05, 0.1) is 7.11 Å². The van der Waals surface area contributed by atoms with Crippen LogP contribution in [0, 0.1) is 11.7 Å². The Balaban J connectivity index is 1.45. The fourth-order valence-electron chi connectivity index (χ4n) is 5.73. The fourth-order valence-corrected chi connectivity index (χ4v) is 5.73. The van der Waals surface area contributed by atoms with E-state index in [1.165, 1.54) is 30.9 Å². The number of ether oxygens (including phenoxy) is 1. The summed E-state index contributed by atoms with van der Waals surface area (Å²) in [4.78, 5) is 33.9. The first-order valence-corrected chi connectivity index (χ1v) is 12.3. The molecule has 3 aliphatic rings. The van der Waals surface area contributed by atoms with Crippen molar-refractivity contribution in [1.82, 2.24) is 20.1 Å². The molecule has 1 aliphatic carbocycles. The number of aromatic hydroxyl groups is 1. The lowest BCUT2D eigenvalue weighted by Crippen LogP contribution is -2.53. The summed E-state index contributed by atoms with van der Waals surface area (Å²) in [6, 6.07) is 8.69. The van der Waals surface area contributed by atoms with Gasteiger partial charge in [0.2, 0.25) is 0 Å². The van der Waals surface area contributed by atoms with Crippen LogP contribution in [-0.2, 0) is 11.2 Å².